The highest BCUT2D eigenvalue weighted by Gasteiger charge is 2.40. The molecule has 0 aromatic rings. The van der Waals surface area contributed by atoms with Crippen LogP contribution >= 0.6 is 11.8 Å². The van der Waals surface area contributed by atoms with Crippen molar-refractivity contribution in [2.45, 2.75) is 31.5 Å². The number of rotatable bonds is 4. The molecule has 6 nitrogen and oxygen atoms in total. The van der Waals surface area contributed by atoms with Crippen LogP contribution in [0.1, 0.15) is 13.3 Å². The molecule has 0 aromatic heterocycles. The third-order valence-electron chi connectivity index (χ3n) is 3.18. The van der Waals surface area contributed by atoms with Crippen LogP contribution in [0.15, 0.2) is 0 Å². The summed E-state index contributed by atoms with van der Waals surface area (Å²) >= 11 is 1.63. The van der Waals surface area contributed by atoms with Crippen molar-refractivity contribution < 1.29 is 19.8 Å². The van der Waals surface area contributed by atoms with Gasteiger partial charge in [-0.1, -0.05) is 0 Å². The molecule has 7 heteroatoms. The van der Waals surface area contributed by atoms with E-state index in [2.05, 4.69) is 0 Å². The molecular weight excluding hydrogens is 256 g/mol. The predicted octanol–water partition coefficient (Wildman–Crippen LogP) is 0.309. The van der Waals surface area contributed by atoms with E-state index in [9.17, 15) is 14.7 Å². The second-order valence-electron chi connectivity index (χ2n) is 4.59. The zero-order valence-corrected chi connectivity index (χ0v) is 11.7. The lowest BCUT2D eigenvalue weighted by Gasteiger charge is -2.31. The molecule has 2 amide bonds. The molecule has 0 bridgehead atoms. The van der Waals surface area contributed by atoms with E-state index in [0.717, 1.165) is 5.75 Å². The lowest BCUT2D eigenvalue weighted by Crippen LogP contribution is -2.49. The van der Waals surface area contributed by atoms with E-state index in [1.165, 1.54) is 9.80 Å². The van der Waals surface area contributed by atoms with Crippen LogP contribution in [0, 0.1) is 0 Å². The maximum Gasteiger partial charge on any atom is 0.326 e. The van der Waals surface area contributed by atoms with Gasteiger partial charge in [0.25, 0.3) is 0 Å². The van der Waals surface area contributed by atoms with Crippen molar-refractivity contribution in [2.24, 2.45) is 0 Å². The first-order chi connectivity index (χ1) is 8.38. The van der Waals surface area contributed by atoms with E-state index < -0.39 is 18.1 Å². The molecule has 3 atom stereocenters. The minimum atomic E-state index is -1.06. The molecule has 1 fully saturated rings. The summed E-state index contributed by atoms with van der Waals surface area (Å²) < 4.78 is 0. The number of likely N-dealkylation sites (tertiary alicyclic amines) is 1. The number of carbonyl (C=O) groups is 2. The second kappa shape index (κ2) is 6.29. The third-order valence-corrected chi connectivity index (χ3v) is 4.00. The largest absolute Gasteiger partial charge is 0.480 e. The van der Waals surface area contributed by atoms with Crippen LogP contribution in [0.4, 0.5) is 4.79 Å². The average Bonchev–Trinajstić information content (AvgIpc) is 2.69. The number of carboxylic acid groups (broad SMARTS) is 1. The maximum atomic E-state index is 12.2. The normalized spacial score (nSPS) is 25.0. The molecule has 0 aliphatic carbocycles. The van der Waals surface area contributed by atoms with Gasteiger partial charge in [-0.05, 0) is 13.2 Å². The standard InChI is InChI=1S/C11H20N2O4S/c1-7(6-18-3)12(2)11(17)13-5-8(14)4-9(13)10(15)16/h7-9,14H,4-6H2,1-3H3,(H,15,16)/t7?,8?,9-/m0/s1. The predicted molar refractivity (Wildman–Crippen MR) is 69.8 cm³/mol. The molecule has 1 aliphatic rings. The Labute approximate surface area is 111 Å². The molecular formula is C11H20N2O4S. The van der Waals surface area contributed by atoms with Crippen LogP contribution in [0.3, 0.4) is 0 Å². The number of carboxylic acids is 1. The molecule has 1 rings (SSSR count). The van der Waals surface area contributed by atoms with E-state index in [0.29, 0.717) is 0 Å². The third kappa shape index (κ3) is 3.29. The summed E-state index contributed by atoms with van der Waals surface area (Å²) in [5.74, 6) is -0.276. The van der Waals surface area contributed by atoms with Gasteiger partial charge in [-0.15, -0.1) is 0 Å². The Bertz CT molecular complexity index is 326. The lowest BCUT2D eigenvalue weighted by molar-refractivity contribution is -0.141. The summed E-state index contributed by atoms with van der Waals surface area (Å²) in [6.07, 6.45) is 1.31. The van der Waals surface area contributed by atoms with Crippen molar-refractivity contribution in [2.75, 3.05) is 25.6 Å². The number of hydrogen-bond donors (Lipinski definition) is 2. The van der Waals surface area contributed by atoms with Gasteiger partial charge in [-0.2, -0.15) is 11.8 Å². The van der Waals surface area contributed by atoms with E-state index in [4.69, 9.17) is 5.11 Å². The molecule has 2 N–H and O–H groups in total. The summed E-state index contributed by atoms with van der Waals surface area (Å²) in [6.45, 7) is 2.00. The fourth-order valence-electron chi connectivity index (χ4n) is 2.00. The minimum absolute atomic E-state index is 0.0275. The molecule has 2 unspecified atom stereocenters. The first kappa shape index (κ1) is 15.1. The van der Waals surface area contributed by atoms with Crippen LogP contribution in [-0.4, -0.2) is 75.8 Å². The topological polar surface area (TPSA) is 81.1 Å². The van der Waals surface area contributed by atoms with Crippen molar-refractivity contribution in [1.29, 1.82) is 0 Å². The Morgan fingerprint density at radius 1 is 1.56 bits per heavy atom. The molecule has 1 heterocycles. The number of aliphatic hydroxyl groups is 1. The summed E-state index contributed by atoms with van der Waals surface area (Å²) in [7, 11) is 1.66. The van der Waals surface area contributed by atoms with Gasteiger partial charge in [0.1, 0.15) is 6.04 Å². The van der Waals surface area contributed by atoms with E-state index >= 15 is 0 Å². The molecule has 0 spiro atoms. The van der Waals surface area contributed by atoms with Gasteiger partial charge >= 0.3 is 12.0 Å². The van der Waals surface area contributed by atoms with Crippen molar-refractivity contribution in [1.82, 2.24) is 9.80 Å². The fraction of sp³-hybridized carbons (Fsp3) is 0.818. The van der Waals surface area contributed by atoms with Crippen LogP contribution in [0.2, 0.25) is 0 Å². The number of urea groups is 1. The van der Waals surface area contributed by atoms with Crippen molar-refractivity contribution in [3.05, 3.63) is 0 Å². The van der Waals surface area contributed by atoms with E-state index in [1.807, 2.05) is 13.2 Å². The van der Waals surface area contributed by atoms with Gasteiger partial charge in [-0.3, -0.25) is 0 Å². The van der Waals surface area contributed by atoms with Crippen LogP contribution < -0.4 is 0 Å². The van der Waals surface area contributed by atoms with Crippen molar-refractivity contribution in [3.63, 3.8) is 0 Å². The fourth-order valence-corrected chi connectivity index (χ4v) is 2.71. The van der Waals surface area contributed by atoms with Gasteiger partial charge in [-0.25, -0.2) is 9.59 Å². The Hall–Kier alpha value is -0.950. The number of aliphatic hydroxyl groups excluding tert-OH is 1. The second-order valence-corrected chi connectivity index (χ2v) is 5.50. The monoisotopic (exact) mass is 276 g/mol. The average molecular weight is 276 g/mol. The number of hydrogen-bond acceptors (Lipinski definition) is 4. The zero-order chi connectivity index (χ0) is 13.9. The van der Waals surface area contributed by atoms with Crippen LogP contribution in [0.25, 0.3) is 0 Å². The molecule has 0 radical (unpaired) electrons. The highest BCUT2D eigenvalue weighted by atomic mass is 32.2. The zero-order valence-electron chi connectivity index (χ0n) is 10.9. The number of β-amino-alcohol motifs (C(OH)–C–C–N with tert-alkyl or cyclic N) is 1. The first-order valence-corrected chi connectivity index (χ1v) is 7.21. The minimum Gasteiger partial charge on any atom is -0.480 e. The number of carbonyl (C=O) groups excluding carboxylic acids is 1. The molecule has 18 heavy (non-hydrogen) atoms. The highest BCUT2D eigenvalue weighted by Crippen LogP contribution is 2.20. The summed E-state index contributed by atoms with van der Waals surface area (Å²) in [5, 5.41) is 18.6. The van der Waals surface area contributed by atoms with E-state index in [1.54, 1.807) is 18.8 Å². The molecule has 1 aliphatic heterocycles. The van der Waals surface area contributed by atoms with Gasteiger partial charge in [0.2, 0.25) is 0 Å². The lowest BCUT2D eigenvalue weighted by atomic mass is 10.2. The Balaban J connectivity index is 2.73. The quantitative estimate of drug-likeness (QED) is 0.772. The summed E-state index contributed by atoms with van der Waals surface area (Å²) in [5.41, 5.74) is 0. The molecule has 104 valence electrons. The number of amides is 2. The number of nitrogens with zero attached hydrogens (tertiary/aromatic N) is 2. The van der Waals surface area contributed by atoms with Crippen LogP contribution in [-0.2, 0) is 4.79 Å². The molecule has 0 saturated carbocycles. The molecule has 0 aromatic carbocycles. The van der Waals surface area contributed by atoms with Crippen LogP contribution in [0.5, 0.6) is 0 Å². The smallest absolute Gasteiger partial charge is 0.326 e. The first-order valence-electron chi connectivity index (χ1n) is 5.81. The van der Waals surface area contributed by atoms with E-state index in [-0.39, 0.29) is 25.0 Å². The maximum absolute atomic E-state index is 12.2. The highest BCUT2D eigenvalue weighted by molar-refractivity contribution is 7.98. The number of thioether (sulfide) groups is 1. The molecule has 1 saturated heterocycles. The summed E-state index contributed by atoms with van der Waals surface area (Å²) in [6, 6.07) is -1.23. The summed E-state index contributed by atoms with van der Waals surface area (Å²) in [4.78, 5) is 26.0. The van der Waals surface area contributed by atoms with Gasteiger partial charge in [0.15, 0.2) is 0 Å². The van der Waals surface area contributed by atoms with Crippen molar-refractivity contribution in [3.8, 4) is 0 Å². The Morgan fingerprint density at radius 2 is 2.17 bits per heavy atom. The van der Waals surface area contributed by atoms with Gasteiger partial charge < -0.3 is 20.0 Å². The SMILES string of the molecule is CSCC(C)N(C)C(=O)N1CC(O)C[C@H]1C(=O)O. The van der Waals surface area contributed by atoms with Gasteiger partial charge in [0, 0.05) is 31.8 Å². The van der Waals surface area contributed by atoms with Gasteiger partial charge in [0.05, 0.1) is 6.10 Å². The Kier molecular flexibility index (Phi) is 5.28. The number of aliphatic carboxylic acids is 1. The van der Waals surface area contributed by atoms with Crippen molar-refractivity contribution >= 4 is 23.8 Å². The Morgan fingerprint density at radius 3 is 2.67 bits per heavy atom.